The molecule has 1 amide bonds. The van der Waals surface area contributed by atoms with Crippen LogP contribution in [0, 0.1) is 0 Å². The smallest absolute Gasteiger partial charge is 0.252 e. The van der Waals surface area contributed by atoms with E-state index in [1.807, 2.05) is 13.8 Å². The monoisotopic (exact) mass is 317 g/mol. The lowest BCUT2D eigenvalue weighted by atomic mass is 10.2. The first-order chi connectivity index (χ1) is 9.27. The van der Waals surface area contributed by atoms with Crippen molar-refractivity contribution in [1.29, 1.82) is 0 Å². The number of amides is 1. The predicted molar refractivity (Wildman–Crippen MR) is 85.7 cm³/mol. The highest BCUT2D eigenvalue weighted by molar-refractivity contribution is 6.74. The number of hydrogen-bond donors (Lipinski definition) is 0. The lowest BCUT2D eigenvalue weighted by molar-refractivity contribution is -0.161. The van der Waals surface area contributed by atoms with E-state index < -0.39 is 20.2 Å². The summed E-state index contributed by atoms with van der Waals surface area (Å²) < 4.78 is 17.8. The molecule has 0 aliphatic carbocycles. The molecule has 0 bridgehead atoms. The van der Waals surface area contributed by atoms with Crippen LogP contribution in [0.2, 0.25) is 18.1 Å². The zero-order valence-corrected chi connectivity index (χ0v) is 15.9. The maximum atomic E-state index is 12.5. The second-order valence-corrected chi connectivity index (χ2v) is 12.7. The van der Waals surface area contributed by atoms with Gasteiger partial charge in [0, 0.05) is 14.1 Å². The van der Waals surface area contributed by atoms with Gasteiger partial charge in [-0.15, -0.1) is 0 Å². The van der Waals surface area contributed by atoms with Gasteiger partial charge in [-0.2, -0.15) is 0 Å². The van der Waals surface area contributed by atoms with E-state index in [2.05, 4.69) is 33.9 Å². The molecule has 0 saturated carbocycles. The third-order valence-electron chi connectivity index (χ3n) is 4.28. The van der Waals surface area contributed by atoms with Crippen LogP contribution in [-0.2, 0) is 18.7 Å². The third kappa shape index (κ3) is 4.52. The van der Waals surface area contributed by atoms with Crippen LogP contribution in [0.1, 0.15) is 34.6 Å². The Morgan fingerprint density at radius 3 is 2.19 bits per heavy atom. The van der Waals surface area contributed by atoms with E-state index in [0.29, 0.717) is 6.61 Å². The van der Waals surface area contributed by atoms with E-state index in [4.69, 9.17) is 13.9 Å². The average molecular weight is 318 g/mol. The number of carbonyl (C=O) groups is 1. The number of rotatable bonds is 4. The van der Waals surface area contributed by atoms with Gasteiger partial charge in [0.15, 0.2) is 20.2 Å². The highest BCUT2D eigenvalue weighted by Gasteiger charge is 2.47. The number of likely N-dealkylation sites (N-methyl/N-ethyl adjacent to an activating group) is 1. The van der Waals surface area contributed by atoms with Gasteiger partial charge in [0.25, 0.3) is 5.91 Å². The van der Waals surface area contributed by atoms with Gasteiger partial charge in [0.05, 0.1) is 6.61 Å². The summed E-state index contributed by atoms with van der Waals surface area (Å²) in [6.07, 6.45) is -0.966. The SMILES string of the molecule is CN(C)C(=O)[C@H](O[Si](C)(C)C(C)(C)C)[C@H]1COC(C)(C)O1. The van der Waals surface area contributed by atoms with Gasteiger partial charge in [-0.05, 0) is 32.0 Å². The van der Waals surface area contributed by atoms with Crippen LogP contribution in [0.15, 0.2) is 0 Å². The fraction of sp³-hybridized carbons (Fsp3) is 0.933. The molecule has 0 N–H and O–H groups in total. The summed E-state index contributed by atoms with van der Waals surface area (Å²) in [6, 6.07) is 0. The topological polar surface area (TPSA) is 48.0 Å². The summed E-state index contributed by atoms with van der Waals surface area (Å²) >= 11 is 0. The zero-order valence-electron chi connectivity index (χ0n) is 14.9. The van der Waals surface area contributed by atoms with Gasteiger partial charge in [0.1, 0.15) is 6.10 Å². The van der Waals surface area contributed by atoms with Gasteiger partial charge in [0.2, 0.25) is 0 Å². The standard InChI is InChI=1S/C15H31NO4Si/c1-14(2,3)21(8,9)20-12(13(17)16(6)7)11-10-18-15(4,5)19-11/h11-12H,10H2,1-9H3/t11-,12-/m1/s1. The second-order valence-electron chi connectivity index (χ2n) is 7.90. The van der Waals surface area contributed by atoms with Crippen LogP contribution in [0.3, 0.4) is 0 Å². The van der Waals surface area contributed by atoms with Crippen molar-refractivity contribution in [3.8, 4) is 0 Å². The Morgan fingerprint density at radius 1 is 1.33 bits per heavy atom. The summed E-state index contributed by atoms with van der Waals surface area (Å²) in [5.74, 6) is -0.724. The predicted octanol–water partition coefficient (Wildman–Crippen LogP) is 2.62. The molecular formula is C15H31NO4Si. The minimum absolute atomic E-state index is 0.0345. The van der Waals surface area contributed by atoms with Crippen LogP contribution >= 0.6 is 0 Å². The molecular weight excluding hydrogens is 286 g/mol. The lowest BCUT2D eigenvalue weighted by Gasteiger charge is -2.40. The van der Waals surface area contributed by atoms with E-state index >= 15 is 0 Å². The average Bonchev–Trinajstić information content (AvgIpc) is 2.63. The van der Waals surface area contributed by atoms with Gasteiger partial charge in [-0.25, -0.2) is 0 Å². The van der Waals surface area contributed by atoms with Gasteiger partial charge >= 0.3 is 0 Å². The summed E-state index contributed by atoms with van der Waals surface area (Å²) in [5.41, 5.74) is 0. The highest BCUT2D eigenvalue weighted by atomic mass is 28.4. The molecule has 2 atom stereocenters. The van der Waals surface area contributed by atoms with E-state index in [1.165, 1.54) is 0 Å². The number of nitrogens with zero attached hydrogens (tertiary/aromatic N) is 1. The molecule has 1 heterocycles. The van der Waals surface area contributed by atoms with E-state index in [-0.39, 0.29) is 17.0 Å². The molecule has 1 rings (SSSR count). The van der Waals surface area contributed by atoms with Crippen LogP contribution < -0.4 is 0 Å². The molecule has 21 heavy (non-hydrogen) atoms. The minimum atomic E-state index is -2.07. The van der Waals surface area contributed by atoms with Crippen LogP contribution in [0.4, 0.5) is 0 Å². The number of hydrogen-bond acceptors (Lipinski definition) is 4. The lowest BCUT2D eigenvalue weighted by Crippen LogP contribution is -2.53. The maximum absolute atomic E-state index is 12.5. The molecule has 0 unspecified atom stereocenters. The van der Waals surface area contributed by atoms with Crippen molar-refractivity contribution in [2.45, 2.75) is 70.7 Å². The first-order valence-corrected chi connectivity index (χ1v) is 10.4. The Balaban J connectivity index is 2.97. The number of carbonyl (C=O) groups excluding carboxylic acids is 1. The molecule has 5 nitrogen and oxygen atoms in total. The molecule has 1 fully saturated rings. The summed E-state index contributed by atoms with van der Waals surface area (Å²) in [5, 5.41) is 0.0345. The first kappa shape index (κ1) is 18.6. The number of ether oxygens (including phenoxy) is 2. The van der Waals surface area contributed by atoms with Crippen molar-refractivity contribution >= 4 is 14.2 Å². The van der Waals surface area contributed by atoms with Gasteiger partial charge in [-0.3, -0.25) is 4.79 Å². The molecule has 1 aliphatic rings. The zero-order chi connectivity index (χ0) is 16.6. The van der Waals surface area contributed by atoms with E-state index in [9.17, 15) is 4.79 Å². The van der Waals surface area contributed by atoms with Crippen LogP contribution in [-0.4, -0.2) is 57.8 Å². The molecule has 6 heteroatoms. The third-order valence-corrected chi connectivity index (χ3v) is 8.74. The van der Waals surface area contributed by atoms with Crippen molar-refractivity contribution in [2.75, 3.05) is 20.7 Å². The molecule has 0 aromatic carbocycles. The molecule has 0 radical (unpaired) electrons. The van der Waals surface area contributed by atoms with Crippen molar-refractivity contribution in [3.63, 3.8) is 0 Å². The summed E-state index contributed by atoms with van der Waals surface area (Å²) in [4.78, 5) is 14.1. The Labute approximate surface area is 130 Å². The molecule has 1 saturated heterocycles. The van der Waals surface area contributed by atoms with Crippen LogP contribution in [0.25, 0.3) is 0 Å². The Morgan fingerprint density at radius 2 is 1.86 bits per heavy atom. The van der Waals surface area contributed by atoms with Gasteiger partial charge in [-0.1, -0.05) is 20.8 Å². The first-order valence-electron chi connectivity index (χ1n) is 7.47. The molecule has 0 spiro atoms. The van der Waals surface area contributed by atoms with Crippen molar-refractivity contribution < 1.29 is 18.7 Å². The fourth-order valence-electron chi connectivity index (χ4n) is 1.90. The Kier molecular flexibility index (Phi) is 5.31. The molecule has 0 aromatic heterocycles. The maximum Gasteiger partial charge on any atom is 0.252 e. The second kappa shape index (κ2) is 5.99. The Hall–Kier alpha value is -0.433. The quantitative estimate of drug-likeness (QED) is 0.748. The van der Waals surface area contributed by atoms with E-state index in [0.717, 1.165) is 0 Å². The van der Waals surface area contributed by atoms with Crippen molar-refractivity contribution in [1.82, 2.24) is 4.90 Å². The van der Waals surface area contributed by atoms with Crippen molar-refractivity contribution in [3.05, 3.63) is 0 Å². The van der Waals surface area contributed by atoms with Crippen molar-refractivity contribution in [2.24, 2.45) is 0 Å². The summed E-state index contributed by atoms with van der Waals surface area (Å²) in [7, 11) is 1.41. The molecule has 1 aliphatic heterocycles. The minimum Gasteiger partial charge on any atom is -0.403 e. The van der Waals surface area contributed by atoms with Gasteiger partial charge < -0.3 is 18.8 Å². The Bertz CT molecular complexity index is 388. The molecule has 0 aromatic rings. The van der Waals surface area contributed by atoms with E-state index in [1.54, 1.807) is 19.0 Å². The largest absolute Gasteiger partial charge is 0.403 e. The fourth-order valence-corrected chi connectivity index (χ4v) is 3.14. The highest BCUT2D eigenvalue weighted by Crippen LogP contribution is 2.39. The van der Waals surface area contributed by atoms with Crippen LogP contribution in [0.5, 0.6) is 0 Å². The summed E-state index contributed by atoms with van der Waals surface area (Å²) in [6.45, 7) is 14.9. The molecule has 124 valence electrons. The normalized spacial score (nSPS) is 24.0.